The summed E-state index contributed by atoms with van der Waals surface area (Å²) in [5.74, 6) is 2.46. The third-order valence-electron chi connectivity index (χ3n) is 7.91. The molecule has 0 radical (unpaired) electrons. The van der Waals surface area contributed by atoms with Gasteiger partial charge < -0.3 is 19.9 Å². The van der Waals surface area contributed by atoms with E-state index in [0.29, 0.717) is 30.7 Å². The van der Waals surface area contributed by atoms with E-state index in [2.05, 4.69) is 57.6 Å². The smallest absolute Gasteiger partial charge is 0.223 e. The van der Waals surface area contributed by atoms with E-state index in [-0.39, 0.29) is 5.41 Å². The molecule has 1 N–H and O–H groups in total. The molecule has 3 aliphatic heterocycles. The second kappa shape index (κ2) is 9.24. The van der Waals surface area contributed by atoms with Crippen LogP contribution in [0.15, 0.2) is 54.6 Å². The minimum atomic E-state index is 0.173. The molecule has 0 aliphatic carbocycles. The van der Waals surface area contributed by atoms with Crippen LogP contribution < -0.4 is 10.1 Å². The summed E-state index contributed by atoms with van der Waals surface area (Å²) in [5, 5.41) is 3.62. The van der Waals surface area contributed by atoms with Gasteiger partial charge in [-0.2, -0.15) is 0 Å². The Bertz CT molecular complexity index is 906. The molecule has 2 unspecified atom stereocenters. The molecule has 1 spiro atoms. The lowest BCUT2D eigenvalue weighted by Gasteiger charge is -2.40. The van der Waals surface area contributed by atoms with Crippen LogP contribution >= 0.6 is 0 Å². The Balaban J connectivity index is 1.15. The first-order chi connectivity index (χ1) is 15.6. The standard InChI is InChI=1S/C27H35N3O2/c1-32-24-9-7-21(8-10-24)18-30-20-27(15-26(30)31)11-13-29(14-12-27)19-23-16-28-17-25(23)22-5-3-2-4-6-22/h2-10,23,25,28H,11-20H2,1H3. The summed E-state index contributed by atoms with van der Waals surface area (Å²) in [5.41, 5.74) is 2.81. The van der Waals surface area contributed by atoms with E-state index in [9.17, 15) is 4.79 Å². The maximum absolute atomic E-state index is 12.8. The zero-order valence-electron chi connectivity index (χ0n) is 19.1. The summed E-state index contributed by atoms with van der Waals surface area (Å²) in [6.07, 6.45) is 2.98. The van der Waals surface area contributed by atoms with Gasteiger partial charge in [-0.1, -0.05) is 42.5 Å². The van der Waals surface area contributed by atoms with Crippen molar-refractivity contribution >= 4 is 5.91 Å². The van der Waals surface area contributed by atoms with Crippen molar-refractivity contribution in [3.8, 4) is 5.75 Å². The number of hydrogen-bond donors (Lipinski definition) is 1. The zero-order chi connectivity index (χ0) is 22.0. The average Bonchev–Trinajstić information content (AvgIpc) is 3.41. The van der Waals surface area contributed by atoms with Gasteiger partial charge in [0.2, 0.25) is 5.91 Å². The summed E-state index contributed by atoms with van der Waals surface area (Å²) in [7, 11) is 1.68. The van der Waals surface area contributed by atoms with Crippen LogP contribution in [0.3, 0.4) is 0 Å². The Morgan fingerprint density at radius 3 is 2.50 bits per heavy atom. The number of hydrogen-bond acceptors (Lipinski definition) is 4. The van der Waals surface area contributed by atoms with E-state index >= 15 is 0 Å². The number of rotatable bonds is 6. The third kappa shape index (κ3) is 4.55. The molecular weight excluding hydrogens is 398 g/mol. The fourth-order valence-corrected chi connectivity index (χ4v) is 5.97. The molecule has 5 nitrogen and oxygen atoms in total. The molecule has 0 aromatic heterocycles. The second-order valence-corrected chi connectivity index (χ2v) is 10.0. The van der Waals surface area contributed by atoms with Crippen LogP contribution in [0.4, 0.5) is 0 Å². The van der Waals surface area contributed by atoms with E-state index < -0.39 is 0 Å². The quantitative estimate of drug-likeness (QED) is 0.757. The first-order valence-electron chi connectivity index (χ1n) is 12.0. The molecule has 32 heavy (non-hydrogen) atoms. The SMILES string of the molecule is COc1ccc(CN2CC3(CCN(CC4CNCC4c4ccccc4)CC3)CC2=O)cc1. The van der Waals surface area contributed by atoms with Gasteiger partial charge in [-0.15, -0.1) is 0 Å². The highest BCUT2D eigenvalue weighted by molar-refractivity contribution is 5.79. The van der Waals surface area contributed by atoms with Crippen LogP contribution in [0.1, 0.15) is 36.3 Å². The predicted octanol–water partition coefficient (Wildman–Crippen LogP) is 3.51. The maximum atomic E-state index is 12.8. The predicted molar refractivity (Wildman–Crippen MR) is 127 cm³/mol. The van der Waals surface area contributed by atoms with Crippen LogP contribution in [0.2, 0.25) is 0 Å². The van der Waals surface area contributed by atoms with Crippen molar-refractivity contribution in [1.29, 1.82) is 0 Å². The summed E-state index contributed by atoms with van der Waals surface area (Å²) < 4.78 is 5.25. The molecule has 3 aliphatic rings. The van der Waals surface area contributed by atoms with Crippen molar-refractivity contribution in [1.82, 2.24) is 15.1 Å². The highest BCUT2D eigenvalue weighted by atomic mass is 16.5. The van der Waals surface area contributed by atoms with Crippen molar-refractivity contribution in [2.75, 3.05) is 46.4 Å². The molecule has 170 valence electrons. The lowest BCUT2D eigenvalue weighted by Crippen LogP contribution is -2.44. The molecule has 5 rings (SSSR count). The number of methoxy groups -OCH3 is 1. The Labute approximate surface area is 191 Å². The topological polar surface area (TPSA) is 44.8 Å². The average molecular weight is 434 g/mol. The maximum Gasteiger partial charge on any atom is 0.223 e. The minimum Gasteiger partial charge on any atom is -0.497 e. The lowest BCUT2D eigenvalue weighted by molar-refractivity contribution is -0.128. The third-order valence-corrected chi connectivity index (χ3v) is 7.91. The van der Waals surface area contributed by atoms with Crippen molar-refractivity contribution in [3.05, 3.63) is 65.7 Å². The van der Waals surface area contributed by atoms with Crippen LogP contribution in [0, 0.1) is 11.3 Å². The molecule has 0 bridgehead atoms. The fraction of sp³-hybridized carbons (Fsp3) is 0.519. The highest BCUT2D eigenvalue weighted by Crippen LogP contribution is 2.42. The van der Waals surface area contributed by atoms with Gasteiger partial charge >= 0.3 is 0 Å². The number of nitrogens with zero attached hydrogens (tertiary/aromatic N) is 2. The first-order valence-corrected chi connectivity index (χ1v) is 12.0. The lowest BCUT2D eigenvalue weighted by atomic mass is 9.77. The van der Waals surface area contributed by atoms with E-state index in [1.54, 1.807) is 7.11 Å². The Morgan fingerprint density at radius 2 is 1.78 bits per heavy atom. The van der Waals surface area contributed by atoms with Gasteiger partial charge in [-0.05, 0) is 67.1 Å². The van der Waals surface area contributed by atoms with Crippen LogP contribution in [-0.4, -0.2) is 62.1 Å². The Hall–Kier alpha value is -2.37. The monoisotopic (exact) mass is 433 g/mol. The van der Waals surface area contributed by atoms with Gasteiger partial charge in [0.05, 0.1) is 7.11 Å². The van der Waals surface area contributed by atoms with Gasteiger partial charge in [0.15, 0.2) is 0 Å². The van der Waals surface area contributed by atoms with Crippen LogP contribution in [0.25, 0.3) is 0 Å². The minimum absolute atomic E-state index is 0.173. The number of carbonyl (C=O) groups is 1. The van der Waals surface area contributed by atoms with E-state index in [1.807, 2.05) is 12.1 Å². The second-order valence-electron chi connectivity index (χ2n) is 10.0. The Kier molecular flexibility index (Phi) is 6.20. The van der Waals surface area contributed by atoms with Crippen molar-refractivity contribution in [2.24, 2.45) is 11.3 Å². The molecule has 1 amide bonds. The fourth-order valence-electron chi connectivity index (χ4n) is 5.97. The number of ether oxygens (including phenoxy) is 1. The van der Waals surface area contributed by atoms with Crippen molar-refractivity contribution in [2.45, 2.75) is 31.7 Å². The molecule has 2 aromatic carbocycles. The number of carbonyl (C=O) groups excluding carboxylic acids is 1. The van der Waals surface area contributed by atoms with Gasteiger partial charge in [0.25, 0.3) is 0 Å². The molecule has 5 heteroatoms. The highest BCUT2D eigenvalue weighted by Gasteiger charge is 2.45. The number of amides is 1. The first kappa shape index (κ1) is 21.5. The molecule has 0 saturated carbocycles. The van der Waals surface area contributed by atoms with Gasteiger partial charge in [-0.3, -0.25) is 4.79 Å². The molecule has 3 fully saturated rings. The van der Waals surface area contributed by atoms with E-state index in [4.69, 9.17) is 4.74 Å². The summed E-state index contributed by atoms with van der Waals surface area (Å²) in [6.45, 7) is 7.19. The van der Waals surface area contributed by atoms with Crippen molar-refractivity contribution < 1.29 is 9.53 Å². The van der Waals surface area contributed by atoms with E-state index in [1.165, 1.54) is 11.1 Å². The molecule has 2 aromatic rings. The Morgan fingerprint density at radius 1 is 1.03 bits per heavy atom. The number of piperidine rings is 1. The molecular formula is C27H35N3O2. The largest absolute Gasteiger partial charge is 0.497 e. The number of benzene rings is 2. The molecule has 2 atom stereocenters. The normalized spacial score (nSPS) is 25.5. The van der Waals surface area contributed by atoms with Crippen LogP contribution in [0.5, 0.6) is 5.75 Å². The van der Waals surface area contributed by atoms with Gasteiger partial charge in [0.1, 0.15) is 5.75 Å². The van der Waals surface area contributed by atoms with Gasteiger partial charge in [-0.25, -0.2) is 0 Å². The zero-order valence-corrected chi connectivity index (χ0v) is 19.1. The summed E-state index contributed by atoms with van der Waals surface area (Å²) in [4.78, 5) is 17.5. The van der Waals surface area contributed by atoms with Gasteiger partial charge in [0, 0.05) is 38.5 Å². The number of likely N-dealkylation sites (tertiary alicyclic amines) is 2. The van der Waals surface area contributed by atoms with Crippen LogP contribution in [-0.2, 0) is 11.3 Å². The molecule has 3 saturated heterocycles. The summed E-state index contributed by atoms with van der Waals surface area (Å²) in [6, 6.07) is 19.1. The van der Waals surface area contributed by atoms with Crippen molar-refractivity contribution in [3.63, 3.8) is 0 Å². The number of nitrogens with one attached hydrogen (secondary N) is 1. The molecule has 3 heterocycles. The summed E-state index contributed by atoms with van der Waals surface area (Å²) >= 11 is 0. The van der Waals surface area contributed by atoms with E-state index in [0.717, 1.165) is 57.9 Å².